The largest absolute Gasteiger partial charge is 0.493 e. The molecule has 1 heterocycles. The molecule has 0 aliphatic carbocycles. The van der Waals surface area contributed by atoms with Crippen molar-refractivity contribution in [2.24, 2.45) is 5.11 Å². The Labute approximate surface area is 69.4 Å². The van der Waals surface area contributed by atoms with E-state index in [9.17, 15) is 0 Å². The fourth-order valence-electron chi connectivity index (χ4n) is 1.35. The summed E-state index contributed by atoms with van der Waals surface area (Å²) in [4.78, 5) is 2.75. The second-order valence-corrected chi connectivity index (χ2v) is 2.54. The molecule has 0 saturated carbocycles. The number of hydrogen-bond acceptors (Lipinski definition) is 2. The molecule has 1 aliphatic heterocycles. The van der Waals surface area contributed by atoms with Crippen molar-refractivity contribution in [2.75, 3.05) is 6.61 Å². The fourth-order valence-corrected chi connectivity index (χ4v) is 1.35. The molecule has 0 aromatic heterocycles. The van der Waals surface area contributed by atoms with Gasteiger partial charge in [-0.05, 0) is 11.6 Å². The summed E-state index contributed by atoms with van der Waals surface area (Å²) in [6.45, 7) is 0.688. The van der Waals surface area contributed by atoms with E-state index in [2.05, 4.69) is 10.0 Å². The topological polar surface area (TPSA) is 58.0 Å². The van der Waals surface area contributed by atoms with E-state index in [1.807, 2.05) is 12.1 Å². The van der Waals surface area contributed by atoms with Crippen LogP contribution in [0.1, 0.15) is 5.56 Å². The molecule has 0 unspecified atom stereocenters. The SMILES string of the molecule is [N-]=[N+]=Nc1cccc2c1CCO2. The van der Waals surface area contributed by atoms with Crippen molar-refractivity contribution in [3.63, 3.8) is 0 Å². The Morgan fingerprint density at radius 3 is 3.25 bits per heavy atom. The molecule has 12 heavy (non-hydrogen) atoms. The summed E-state index contributed by atoms with van der Waals surface area (Å²) < 4.78 is 5.30. The van der Waals surface area contributed by atoms with Gasteiger partial charge in [-0.25, -0.2) is 0 Å². The van der Waals surface area contributed by atoms with E-state index >= 15 is 0 Å². The first kappa shape index (κ1) is 7.00. The highest BCUT2D eigenvalue weighted by Gasteiger charge is 2.13. The van der Waals surface area contributed by atoms with E-state index in [0.29, 0.717) is 12.3 Å². The molecule has 0 fully saturated rings. The highest BCUT2D eigenvalue weighted by molar-refractivity contribution is 5.55. The molecule has 0 radical (unpaired) electrons. The first-order chi connectivity index (χ1) is 5.92. The average Bonchev–Trinajstić information content (AvgIpc) is 2.53. The van der Waals surface area contributed by atoms with Crippen molar-refractivity contribution in [2.45, 2.75) is 6.42 Å². The zero-order valence-corrected chi connectivity index (χ0v) is 6.40. The van der Waals surface area contributed by atoms with Gasteiger partial charge in [0, 0.05) is 22.6 Å². The minimum absolute atomic E-state index is 0.688. The second-order valence-electron chi connectivity index (χ2n) is 2.54. The van der Waals surface area contributed by atoms with Crippen LogP contribution in [0.4, 0.5) is 5.69 Å². The third-order valence-corrected chi connectivity index (χ3v) is 1.87. The van der Waals surface area contributed by atoms with Crippen LogP contribution >= 0.6 is 0 Å². The third-order valence-electron chi connectivity index (χ3n) is 1.87. The van der Waals surface area contributed by atoms with Crippen LogP contribution in [0.15, 0.2) is 23.3 Å². The van der Waals surface area contributed by atoms with E-state index in [-0.39, 0.29) is 0 Å². The summed E-state index contributed by atoms with van der Waals surface area (Å²) in [5.74, 6) is 0.847. The lowest BCUT2D eigenvalue weighted by molar-refractivity contribution is 0.357. The summed E-state index contributed by atoms with van der Waals surface area (Å²) in [7, 11) is 0. The third kappa shape index (κ3) is 0.984. The van der Waals surface area contributed by atoms with Gasteiger partial charge in [0.2, 0.25) is 0 Å². The van der Waals surface area contributed by atoms with Crippen LogP contribution < -0.4 is 4.74 Å². The molecule has 1 aromatic carbocycles. The van der Waals surface area contributed by atoms with Gasteiger partial charge in [-0.2, -0.15) is 0 Å². The highest BCUT2D eigenvalue weighted by atomic mass is 16.5. The predicted molar refractivity (Wildman–Crippen MR) is 44.4 cm³/mol. The zero-order chi connectivity index (χ0) is 8.39. The lowest BCUT2D eigenvalue weighted by atomic mass is 10.1. The molecule has 0 atom stereocenters. The zero-order valence-electron chi connectivity index (χ0n) is 6.40. The van der Waals surface area contributed by atoms with Crippen LogP contribution in [0.2, 0.25) is 0 Å². The van der Waals surface area contributed by atoms with Crippen LogP contribution in [0, 0.1) is 0 Å². The Bertz CT molecular complexity index is 355. The molecule has 0 amide bonds. The van der Waals surface area contributed by atoms with Crippen LogP contribution in [-0.2, 0) is 6.42 Å². The van der Waals surface area contributed by atoms with Crippen molar-refractivity contribution in [3.05, 3.63) is 34.2 Å². The van der Waals surface area contributed by atoms with Crippen LogP contribution in [0.25, 0.3) is 10.4 Å². The quantitative estimate of drug-likeness (QED) is 0.354. The molecule has 1 aromatic rings. The molecule has 0 spiro atoms. The predicted octanol–water partition coefficient (Wildman–Crippen LogP) is 2.56. The van der Waals surface area contributed by atoms with Gasteiger partial charge in [0.1, 0.15) is 5.75 Å². The van der Waals surface area contributed by atoms with E-state index in [4.69, 9.17) is 10.3 Å². The number of benzene rings is 1. The Balaban J connectivity index is 2.56. The second kappa shape index (κ2) is 2.75. The fraction of sp³-hybridized carbons (Fsp3) is 0.250. The molecule has 0 N–H and O–H groups in total. The van der Waals surface area contributed by atoms with E-state index in [1.165, 1.54) is 0 Å². The normalized spacial score (nSPS) is 13.0. The molecule has 4 heteroatoms. The highest BCUT2D eigenvalue weighted by Crippen LogP contribution is 2.33. The lowest BCUT2D eigenvalue weighted by Gasteiger charge is -1.99. The lowest BCUT2D eigenvalue weighted by Crippen LogP contribution is -1.85. The van der Waals surface area contributed by atoms with Gasteiger partial charge >= 0.3 is 0 Å². The van der Waals surface area contributed by atoms with Crippen molar-refractivity contribution in [3.8, 4) is 5.75 Å². The van der Waals surface area contributed by atoms with E-state index in [0.717, 1.165) is 17.7 Å². The first-order valence-electron chi connectivity index (χ1n) is 3.71. The molecule has 1 aliphatic rings. The molecule has 60 valence electrons. The van der Waals surface area contributed by atoms with Crippen molar-refractivity contribution < 1.29 is 4.74 Å². The minimum Gasteiger partial charge on any atom is -0.493 e. The number of hydrogen-bond donors (Lipinski definition) is 0. The summed E-state index contributed by atoms with van der Waals surface area (Å²) in [5, 5.41) is 3.58. The van der Waals surface area contributed by atoms with E-state index < -0.39 is 0 Å². The maximum absolute atomic E-state index is 8.27. The molecular weight excluding hydrogens is 154 g/mol. The molecule has 4 nitrogen and oxygen atoms in total. The summed E-state index contributed by atoms with van der Waals surface area (Å²) in [6.07, 6.45) is 0.838. The van der Waals surface area contributed by atoms with Gasteiger partial charge in [0.15, 0.2) is 0 Å². The summed E-state index contributed by atoms with van der Waals surface area (Å²) >= 11 is 0. The summed E-state index contributed by atoms with van der Waals surface area (Å²) in [5.41, 5.74) is 9.98. The molecular formula is C8H7N3O. The number of ether oxygens (including phenoxy) is 1. The van der Waals surface area contributed by atoms with Crippen molar-refractivity contribution in [1.29, 1.82) is 0 Å². The monoisotopic (exact) mass is 161 g/mol. The standard InChI is InChI=1S/C8H7N3O/c9-11-10-7-2-1-3-8-6(7)4-5-12-8/h1-3H,4-5H2. The Hall–Kier alpha value is -1.67. The Morgan fingerprint density at radius 1 is 1.50 bits per heavy atom. The smallest absolute Gasteiger partial charge is 0.123 e. The van der Waals surface area contributed by atoms with Crippen LogP contribution in [0.5, 0.6) is 5.75 Å². The average molecular weight is 161 g/mol. The van der Waals surface area contributed by atoms with Crippen LogP contribution in [0.3, 0.4) is 0 Å². The van der Waals surface area contributed by atoms with Crippen molar-refractivity contribution >= 4 is 5.69 Å². The number of fused-ring (bicyclic) bond motifs is 1. The molecule has 0 bridgehead atoms. The van der Waals surface area contributed by atoms with Gasteiger partial charge in [-0.15, -0.1) is 0 Å². The maximum Gasteiger partial charge on any atom is 0.123 e. The van der Waals surface area contributed by atoms with Gasteiger partial charge in [-0.1, -0.05) is 17.2 Å². The maximum atomic E-state index is 8.27. The van der Waals surface area contributed by atoms with Gasteiger partial charge < -0.3 is 4.74 Å². The minimum atomic E-state index is 0.688. The Kier molecular flexibility index (Phi) is 1.61. The molecule has 0 saturated heterocycles. The van der Waals surface area contributed by atoms with Gasteiger partial charge in [0.05, 0.1) is 6.61 Å². The number of azide groups is 1. The number of nitrogens with zero attached hydrogens (tertiary/aromatic N) is 3. The van der Waals surface area contributed by atoms with Crippen LogP contribution in [-0.4, -0.2) is 6.61 Å². The summed E-state index contributed by atoms with van der Waals surface area (Å²) in [6, 6.07) is 5.51. The van der Waals surface area contributed by atoms with Gasteiger partial charge in [-0.3, -0.25) is 0 Å². The van der Waals surface area contributed by atoms with Gasteiger partial charge in [0.25, 0.3) is 0 Å². The first-order valence-corrected chi connectivity index (χ1v) is 3.71. The van der Waals surface area contributed by atoms with E-state index in [1.54, 1.807) is 6.07 Å². The Morgan fingerprint density at radius 2 is 2.42 bits per heavy atom. The van der Waals surface area contributed by atoms with Crippen molar-refractivity contribution in [1.82, 2.24) is 0 Å². The molecule has 2 rings (SSSR count). The number of rotatable bonds is 1.